The minimum Gasteiger partial charge on any atom is -0.508 e. The largest absolute Gasteiger partial charge is 0.508 e. The van der Waals surface area contributed by atoms with Crippen molar-refractivity contribution in [2.45, 2.75) is 12.3 Å². The van der Waals surface area contributed by atoms with Crippen LogP contribution < -0.4 is 0 Å². The molecule has 104 valence electrons. The lowest BCUT2D eigenvalue weighted by Crippen LogP contribution is -2.14. The third-order valence-corrected chi connectivity index (χ3v) is 3.27. The third kappa shape index (κ3) is 3.22. The molecule has 0 saturated heterocycles. The number of aromatic hydroxyl groups is 2. The van der Waals surface area contributed by atoms with Crippen molar-refractivity contribution in [2.24, 2.45) is 0 Å². The highest BCUT2D eigenvalue weighted by atomic mass is 35.5. The van der Waals surface area contributed by atoms with E-state index in [0.717, 1.165) is 0 Å². The summed E-state index contributed by atoms with van der Waals surface area (Å²) < 4.78 is 0. The zero-order valence-corrected chi connectivity index (χ0v) is 11.2. The molecule has 4 nitrogen and oxygen atoms in total. The minimum atomic E-state index is -1.03. The average Bonchev–Trinajstić information content (AvgIpc) is 2.39. The van der Waals surface area contributed by atoms with Crippen LogP contribution in [0.1, 0.15) is 17.0 Å². The summed E-state index contributed by atoms with van der Waals surface area (Å²) in [5.74, 6) is -1.90. The van der Waals surface area contributed by atoms with Gasteiger partial charge in [-0.05, 0) is 47.9 Å². The van der Waals surface area contributed by atoms with Crippen LogP contribution >= 0.6 is 11.6 Å². The Morgan fingerprint density at radius 3 is 2.55 bits per heavy atom. The highest BCUT2D eigenvalue weighted by molar-refractivity contribution is 6.30. The van der Waals surface area contributed by atoms with Crippen LogP contribution in [0.2, 0.25) is 5.02 Å². The van der Waals surface area contributed by atoms with Crippen LogP contribution in [0.25, 0.3) is 0 Å². The van der Waals surface area contributed by atoms with Crippen molar-refractivity contribution in [3.05, 3.63) is 58.6 Å². The van der Waals surface area contributed by atoms with Crippen LogP contribution in [0.5, 0.6) is 11.5 Å². The minimum absolute atomic E-state index is 0.000744. The quantitative estimate of drug-likeness (QED) is 0.809. The molecular weight excluding hydrogens is 280 g/mol. The van der Waals surface area contributed by atoms with E-state index >= 15 is 0 Å². The SMILES string of the molecule is O=C(O)C(Cc1cc(Cl)ccc1O)c1cccc(O)c1. The van der Waals surface area contributed by atoms with Gasteiger partial charge in [0.15, 0.2) is 0 Å². The predicted octanol–water partition coefficient (Wildman–Crippen LogP) is 3.16. The van der Waals surface area contributed by atoms with Crippen LogP contribution in [0.3, 0.4) is 0 Å². The van der Waals surface area contributed by atoms with E-state index < -0.39 is 11.9 Å². The van der Waals surface area contributed by atoms with E-state index in [-0.39, 0.29) is 17.9 Å². The molecule has 0 heterocycles. The van der Waals surface area contributed by atoms with Gasteiger partial charge in [-0.3, -0.25) is 4.79 Å². The molecular formula is C15H13ClO4. The number of phenols is 2. The summed E-state index contributed by atoms with van der Waals surface area (Å²) in [5, 5.41) is 29.0. The summed E-state index contributed by atoms with van der Waals surface area (Å²) >= 11 is 5.85. The van der Waals surface area contributed by atoms with Gasteiger partial charge in [-0.25, -0.2) is 0 Å². The monoisotopic (exact) mass is 292 g/mol. The van der Waals surface area contributed by atoms with Crippen LogP contribution in [0, 0.1) is 0 Å². The Bertz CT molecular complexity index is 640. The molecule has 1 unspecified atom stereocenters. The van der Waals surface area contributed by atoms with Gasteiger partial charge in [-0.15, -0.1) is 0 Å². The van der Waals surface area contributed by atoms with E-state index in [1.165, 1.54) is 30.3 Å². The molecule has 20 heavy (non-hydrogen) atoms. The molecule has 0 bridgehead atoms. The van der Waals surface area contributed by atoms with Crippen molar-refractivity contribution < 1.29 is 20.1 Å². The Labute approximate surface area is 120 Å². The molecule has 0 amide bonds. The van der Waals surface area contributed by atoms with E-state index in [9.17, 15) is 20.1 Å². The lowest BCUT2D eigenvalue weighted by Gasteiger charge is -2.14. The first-order chi connectivity index (χ1) is 9.47. The fraction of sp³-hybridized carbons (Fsp3) is 0.133. The molecule has 0 aliphatic rings. The van der Waals surface area contributed by atoms with Gasteiger partial charge >= 0.3 is 5.97 Å². The van der Waals surface area contributed by atoms with Gasteiger partial charge in [-0.2, -0.15) is 0 Å². The van der Waals surface area contributed by atoms with Crippen molar-refractivity contribution >= 4 is 17.6 Å². The van der Waals surface area contributed by atoms with Crippen LogP contribution in [-0.2, 0) is 11.2 Å². The molecule has 0 fully saturated rings. The third-order valence-electron chi connectivity index (χ3n) is 3.04. The molecule has 5 heteroatoms. The summed E-state index contributed by atoms with van der Waals surface area (Å²) in [5.41, 5.74) is 0.921. The van der Waals surface area contributed by atoms with Gasteiger partial charge in [0.05, 0.1) is 5.92 Å². The standard InChI is InChI=1S/C15H13ClO4/c16-11-4-5-14(18)10(6-11)8-13(15(19)20)9-2-1-3-12(17)7-9/h1-7,13,17-18H,8H2,(H,19,20). The molecule has 0 spiro atoms. The van der Waals surface area contributed by atoms with Crippen molar-refractivity contribution in [3.63, 3.8) is 0 Å². The fourth-order valence-electron chi connectivity index (χ4n) is 2.03. The maximum absolute atomic E-state index is 11.4. The zero-order valence-electron chi connectivity index (χ0n) is 10.5. The maximum atomic E-state index is 11.4. The Morgan fingerprint density at radius 2 is 1.90 bits per heavy atom. The van der Waals surface area contributed by atoms with Gasteiger partial charge < -0.3 is 15.3 Å². The summed E-state index contributed by atoms with van der Waals surface area (Å²) in [7, 11) is 0. The molecule has 1 atom stereocenters. The molecule has 3 N–H and O–H groups in total. The number of aliphatic carboxylic acids is 1. The molecule has 0 aliphatic heterocycles. The normalized spacial score (nSPS) is 12.1. The van der Waals surface area contributed by atoms with Crippen molar-refractivity contribution in [2.75, 3.05) is 0 Å². The first-order valence-corrected chi connectivity index (χ1v) is 6.34. The number of phenolic OH excluding ortho intramolecular Hbond substituents is 2. The van der Waals surface area contributed by atoms with Crippen molar-refractivity contribution in [1.29, 1.82) is 0 Å². The number of hydrogen-bond acceptors (Lipinski definition) is 3. The zero-order chi connectivity index (χ0) is 14.7. The Morgan fingerprint density at radius 1 is 1.15 bits per heavy atom. The predicted molar refractivity (Wildman–Crippen MR) is 75.3 cm³/mol. The topological polar surface area (TPSA) is 77.8 Å². The average molecular weight is 293 g/mol. The Kier molecular flexibility index (Phi) is 4.15. The van der Waals surface area contributed by atoms with Gasteiger partial charge in [0.2, 0.25) is 0 Å². The molecule has 0 aliphatic carbocycles. The molecule has 0 saturated carbocycles. The number of carboxylic acid groups (broad SMARTS) is 1. The van der Waals surface area contributed by atoms with Gasteiger partial charge in [0, 0.05) is 5.02 Å². The number of benzene rings is 2. The maximum Gasteiger partial charge on any atom is 0.311 e. The highest BCUT2D eigenvalue weighted by Gasteiger charge is 2.22. The highest BCUT2D eigenvalue weighted by Crippen LogP contribution is 2.29. The van der Waals surface area contributed by atoms with E-state index in [0.29, 0.717) is 16.1 Å². The van der Waals surface area contributed by atoms with Crippen molar-refractivity contribution in [3.8, 4) is 11.5 Å². The number of hydrogen-bond donors (Lipinski definition) is 3. The van der Waals surface area contributed by atoms with Crippen LogP contribution in [0.15, 0.2) is 42.5 Å². The lowest BCUT2D eigenvalue weighted by molar-refractivity contribution is -0.138. The van der Waals surface area contributed by atoms with Crippen LogP contribution in [0.4, 0.5) is 0 Å². The smallest absolute Gasteiger partial charge is 0.311 e. The number of carboxylic acids is 1. The van der Waals surface area contributed by atoms with Gasteiger partial charge in [-0.1, -0.05) is 23.7 Å². The summed E-state index contributed by atoms with van der Waals surface area (Å²) in [6.07, 6.45) is 0.0885. The number of carbonyl (C=O) groups is 1. The summed E-state index contributed by atoms with van der Waals surface area (Å²) in [6, 6.07) is 10.6. The van der Waals surface area contributed by atoms with Crippen LogP contribution in [-0.4, -0.2) is 21.3 Å². The first-order valence-electron chi connectivity index (χ1n) is 5.96. The number of halogens is 1. The Balaban J connectivity index is 2.35. The summed E-state index contributed by atoms with van der Waals surface area (Å²) in [4.78, 5) is 11.4. The molecule has 2 rings (SSSR count). The Hall–Kier alpha value is -2.20. The second-order valence-corrected chi connectivity index (χ2v) is 4.90. The van der Waals surface area contributed by atoms with E-state index in [2.05, 4.69) is 0 Å². The number of rotatable bonds is 4. The van der Waals surface area contributed by atoms with E-state index in [1.54, 1.807) is 12.1 Å². The molecule has 2 aromatic rings. The first kappa shape index (κ1) is 14.2. The molecule has 2 aromatic carbocycles. The van der Waals surface area contributed by atoms with Gasteiger partial charge in [0.1, 0.15) is 11.5 Å². The van der Waals surface area contributed by atoms with E-state index in [1.807, 2.05) is 0 Å². The second kappa shape index (κ2) is 5.84. The van der Waals surface area contributed by atoms with Gasteiger partial charge in [0.25, 0.3) is 0 Å². The summed E-state index contributed by atoms with van der Waals surface area (Å²) in [6.45, 7) is 0. The van der Waals surface area contributed by atoms with E-state index in [4.69, 9.17) is 11.6 Å². The second-order valence-electron chi connectivity index (χ2n) is 4.46. The molecule has 0 radical (unpaired) electrons. The lowest BCUT2D eigenvalue weighted by atomic mass is 9.91. The van der Waals surface area contributed by atoms with Crippen molar-refractivity contribution in [1.82, 2.24) is 0 Å². The molecule has 0 aromatic heterocycles. The fourth-order valence-corrected chi connectivity index (χ4v) is 2.22.